The van der Waals surface area contributed by atoms with Crippen molar-refractivity contribution in [3.63, 3.8) is 0 Å². The van der Waals surface area contributed by atoms with E-state index in [1.165, 1.54) is 0 Å². The van der Waals surface area contributed by atoms with Gasteiger partial charge in [-0.15, -0.1) is 0 Å². The molecule has 5 nitrogen and oxygen atoms in total. The first-order chi connectivity index (χ1) is 9.88. The summed E-state index contributed by atoms with van der Waals surface area (Å²) in [5.74, 6) is 0.725. The Hall–Kier alpha value is -1.11. The van der Waals surface area contributed by atoms with Crippen molar-refractivity contribution in [3.05, 3.63) is 23.8 Å². The van der Waals surface area contributed by atoms with Crippen LogP contribution in [0.2, 0.25) is 0 Å². The second-order valence-electron chi connectivity index (χ2n) is 5.76. The third-order valence-corrected chi connectivity index (χ3v) is 4.96. The van der Waals surface area contributed by atoms with Crippen LogP contribution in [0.5, 0.6) is 5.75 Å². The minimum atomic E-state index is -3.47. The number of nitrogens with one attached hydrogen (secondary N) is 2. The van der Waals surface area contributed by atoms with E-state index in [0.717, 1.165) is 30.7 Å². The molecule has 1 fully saturated rings. The van der Waals surface area contributed by atoms with Crippen LogP contribution in [0.1, 0.15) is 32.3 Å². The second kappa shape index (κ2) is 6.77. The van der Waals surface area contributed by atoms with Crippen LogP contribution >= 0.6 is 0 Å². The third-order valence-electron chi connectivity index (χ3n) is 3.44. The molecule has 0 amide bonds. The summed E-state index contributed by atoms with van der Waals surface area (Å²) >= 11 is 0. The average Bonchev–Trinajstić information content (AvgIpc) is 2.41. The zero-order valence-corrected chi connectivity index (χ0v) is 13.7. The lowest BCUT2D eigenvalue weighted by atomic mass is 10.1. The van der Waals surface area contributed by atoms with Gasteiger partial charge in [-0.3, -0.25) is 0 Å². The van der Waals surface area contributed by atoms with E-state index in [2.05, 4.69) is 10.0 Å². The van der Waals surface area contributed by atoms with Gasteiger partial charge in [0, 0.05) is 12.6 Å². The van der Waals surface area contributed by atoms with Crippen LogP contribution in [-0.4, -0.2) is 33.7 Å². The molecule has 1 aromatic rings. The van der Waals surface area contributed by atoms with Gasteiger partial charge in [0.25, 0.3) is 0 Å². The molecule has 6 heteroatoms. The Kier molecular flexibility index (Phi) is 5.24. The SMILES string of the molecule is Cc1cc(S(=O)(=O)NC2CCCNC2)ccc1OC(C)C. The van der Waals surface area contributed by atoms with E-state index in [1.54, 1.807) is 18.2 Å². The zero-order valence-electron chi connectivity index (χ0n) is 12.8. The summed E-state index contributed by atoms with van der Waals surface area (Å²) in [4.78, 5) is 0.293. The lowest BCUT2D eigenvalue weighted by Gasteiger charge is -2.23. The minimum Gasteiger partial charge on any atom is -0.491 e. The highest BCUT2D eigenvalue weighted by Gasteiger charge is 2.22. The van der Waals surface area contributed by atoms with Gasteiger partial charge in [-0.2, -0.15) is 0 Å². The van der Waals surface area contributed by atoms with Gasteiger partial charge in [-0.1, -0.05) is 0 Å². The van der Waals surface area contributed by atoms with Crippen molar-refractivity contribution in [2.24, 2.45) is 0 Å². The summed E-state index contributed by atoms with van der Waals surface area (Å²) in [6, 6.07) is 4.96. The quantitative estimate of drug-likeness (QED) is 0.870. The molecule has 2 rings (SSSR count). The molecule has 1 aliphatic rings. The number of benzene rings is 1. The highest BCUT2D eigenvalue weighted by molar-refractivity contribution is 7.89. The highest BCUT2D eigenvalue weighted by Crippen LogP contribution is 2.23. The van der Waals surface area contributed by atoms with E-state index in [1.807, 2.05) is 20.8 Å². The summed E-state index contributed by atoms with van der Waals surface area (Å²) in [6.45, 7) is 7.40. The Morgan fingerprint density at radius 3 is 2.71 bits per heavy atom. The van der Waals surface area contributed by atoms with Crippen LogP contribution in [0.3, 0.4) is 0 Å². The Balaban J connectivity index is 2.14. The average molecular weight is 312 g/mol. The predicted octanol–water partition coefficient (Wildman–Crippen LogP) is 1.81. The Labute approximate surface area is 127 Å². The van der Waals surface area contributed by atoms with E-state index in [-0.39, 0.29) is 12.1 Å². The van der Waals surface area contributed by atoms with Crippen molar-refractivity contribution in [1.82, 2.24) is 10.0 Å². The van der Waals surface area contributed by atoms with Gasteiger partial charge in [0.15, 0.2) is 0 Å². The summed E-state index contributed by atoms with van der Waals surface area (Å²) in [5, 5.41) is 3.20. The molecule has 0 bridgehead atoms. The minimum absolute atomic E-state index is 0.0318. The first kappa shape index (κ1) is 16.3. The molecule has 1 aromatic carbocycles. The largest absolute Gasteiger partial charge is 0.491 e. The summed E-state index contributed by atoms with van der Waals surface area (Å²) in [5.41, 5.74) is 0.827. The van der Waals surface area contributed by atoms with Crippen molar-refractivity contribution in [2.75, 3.05) is 13.1 Å². The lowest BCUT2D eigenvalue weighted by Crippen LogP contribution is -2.45. The van der Waals surface area contributed by atoms with Gasteiger partial charge in [0.2, 0.25) is 10.0 Å². The topological polar surface area (TPSA) is 67.4 Å². The molecule has 0 aliphatic carbocycles. The molecule has 1 unspecified atom stereocenters. The monoisotopic (exact) mass is 312 g/mol. The number of sulfonamides is 1. The molecule has 1 atom stereocenters. The van der Waals surface area contributed by atoms with Crippen LogP contribution in [0.4, 0.5) is 0 Å². The first-order valence-corrected chi connectivity index (χ1v) is 8.87. The van der Waals surface area contributed by atoms with Gasteiger partial charge in [0.1, 0.15) is 5.75 Å². The third kappa shape index (κ3) is 4.43. The molecule has 0 spiro atoms. The van der Waals surface area contributed by atoms with Crippen molar-refractivity contribution < 1.29 is 13.2 Å². The molecular weight excluding hydrogens is 288 g/mol. The van der Waals surface area contributed by atoms with E-state index in [9.17, 15) is 8.42 Å². The molecular formula is C15H24N2O3S. The number of rotatable bonds is 5. The van der Waals surface area contributed by atoms with Gasteiger partial charge in [-0.05, 0) is 63.9 Å². The smallest absolute Gasteiger partial charge is 0.240 e. The van der Waals surface area contributed by atoms with Crippen LogP contribution in [0.15, 0.2) is 23.1 Å². The number of piperidine rings is 1. The highest BCUT2D eigenvalue weighted by atomic mass is 32.2. The molecule has 0 aromatic heterocycles. The first-order valence-electron chi connectivity index (χ1n) is 7.39. The Morgan fingerprint density at radius 2 is 2.14 bits per heavy atom. The normalized spacial score (nSPS) is 19.7. The van der Waals surface area contributed by atoms with E-state index in [0.29, 0.717) is 11.4 Å². The fraction of sp³-hybridized carbons (Fsp3) is 0.600. The fourth-order valence-electron chi connectivity index (χ4n) is 2.42. The van der Waals surface area contributed by atoms with Crippen molar-refractivity contribution in [1.29, 1.82) is 0 Å². The van der Waals surface area contributed by atoms with Gasteiger partial charge >= 0.3 is 0 Å². The number of hydrogen-bond donors (Lipinski definition) is 2. The predicted molar refractivity (Wildman–Crippen MR) is 83.2 cm³/mol. The van der Waals surface area contributed by atoms with Crippen molar-refractivity contribution in [2.45, 2.75) is 50.7 Å². The van der Waals surface area contributed by atoms with E-state index in [4.69, 9.17) is 4.74 Å². The summed E-state index contributed by atoms with van der Waals surface area (Å²) < 4.78 is 33.2. The number of aryl methyl sites for hydroxylation is 1. The van der Waals surface area contributed by atoms with Crippen molar-refractivity contribution in [3.8, 4) is 5.75 Å². The molecule has 118 valence electrons. The van der Waals surface area contributed by atoms with Gasteiger partial charge < -0.3 is 10.1 Å². The van der Waals surface area contributed by atoms with Crippen LogP contribution in [-0.2, 0) is 10.0 Å². The molecule has 1 aliphatic heterocycles. The molecule has 21 heavy (non-hydrogen) atoms. The maximum atomic E-state index is 12.4. The molecule has 1 saturated heterocycles. The number of hydrogen-bond acceptors (Lipinski definition) is 4. The maximum Gasteiger partial charge on any atom is 0.240 e. The maximum absolute atomic E-state index is 12.4. The standard InChI is InChI=1S/C15H24N2O3S/c1-11(2)20-15-7-6-14(9-12(15)3)21(18,19)17-13-5-4-8-16-10-13/h6-7,9,11,13,16-17H,4-5,8,10H2,1-3H3. The summed E-state index contributed by atoms with van der Waals surface area (Å²) in [7, 11) is -3.47. The lowest BCUT2D eigenvalue weighted by molar-refractivity contribution is 0.240. The molecule has 1 heterocycles. The Bertz CT molecular complexity index is 579. The fourth-order valence-corrected chi connectivity index (χ4v) is 3.77. The zero-order chi connectivity index (χ0) is 15.5. The van der Waals surface area contributed by atoms with E-state index < -0.39 is 10.0 Å². The van der Waals surface area contributed by atoms with Crippen LogP contribution in [0, 0.1) is 6.92 Å². The summed E-state index contributed by atoms with van der Waals surface area (Å²) in [6.07, 6.45) is 1.94. The second-order valence-corrected chi connectivity index (χ2v) is 7.47. The van der Waals surface area contributed by atoms with Crippen LogP contribution in [0.25, 0.3) is 0 Å². The van der Waals surface area contributed by atoms with Crippen molar-refractivity contribution >= 4 is 10.0 Å². The van der Waals surface area contributed by atoms with E-state index >= 15 is 0 Å². The Morgan fingerprint density at radius 1 is 1.38 bits per heavy atom. The van der Waals surface area contributed by atoms with Gasteiger partial charge in [0.05, 0.1) is 11.0 Å². The van der Waals surface area contributed by atoms with Gasteiger partial charge in [-0.25, -0.2) is 13.1 Å². The van der Waals surface area contributed by atoms with Crippen LogP contribution < -0.4 is 14.8 Å². The number of ether oxygens (including phenoxy) is 1. The molecule has 2 N–H and O–H groups in total. The molecule has 0 saturated carbocycles. The molecule has 0 radical (unpaired) electrons.